The van der Waals surface area contributed by atoms with Crippen molar-refractivity contribution in [2.24, 2.45) is 22.7 Å². The zero-order chi connectivity index (χ0) is 31.9. The summed E-state index contributed by atoms with van der Waals surface area (Å²) in [6, 6.07) is 14.6. The molecule has 0 radical (unpaired) electrons. The Bertz CT molecular complexity index is 1710. The molecule has 2 aromatic carbocycles. The van der Waals surface area contributed by atoms with Crippen LogP contribution >= 0.6 is 0 Å². The number of Topliss-reactive ketones (excluding diaryl/α,β-unsaturated/α-hetero) is 1. The van der Waals surface area contributed by atoms with Crippen LogP contribution in [0.1, 0.15) is 56.1 Å². The summed E-state index contributed by atoms with van der Waals surface area (Å²) in [7, 11) is 0. The van der Waals surface area contributed by atoms with Crippen molar-refractivity contribution in [3.05, 3.63) is 101 Å². The van der Waals surface area contributed by atoms with Crippen molar-refractivity contribution in [1.82, 2.24) is 0 Å². The third kappa shape index (κ3) is 4.04. The van der Waals surface area contributed by atoms with E-state index in [-0.39, 0.29) is 24.8 Å². The maximum atomic E-state index is 17.6. The number of hydrogen-bond acceptors (Lipinski definition) is 6. The maximum absolute atomic E-state index is 17.6. The molecule has 0 bridgehead atoms. The van der Waals surface area contributed by atoms with Crippen LogP contribution in [-0.4, -0.2) is 52.3 Å². The van der Waals surface area contributed by atoms with E-state index in [0.29, 0.717) is 16.8 Å². The van der Waals surface area contributed by atoms with Crippen LogP contribution in [-0.2, 0) is 14.3 Å². The molecular formula is C37H37F2NO5. The fourth-order valence-electron chi connectivity index (χ4n) is 9.27. The predicted octanol–water partition coefficient (Wildman–Crippen LogP) is 5.30. The first-order valence-corrected chi connectivity index (χ1v) is 15.4. The van der Waals surface area contributed by atoms with Crippen LogP contribution in [0.3, 0.4) is 0 Å². The average Bonchev–Trinajstić information content (AvgIpc) is 3.52. The lowest BCUT2D eigenvalue weighted by Gasteiger charge is -2.63. The first-order valence-electron chi connectivity index (χ1n) is 15.4. The Morgan fingerprint density at radius 2 is 1.84 bits per heavy atom. The second kappa shape index (κ2) is 10.2. The fraction of sp³-hybridized carbons (Fsp3) is 0.432. The van der Waals surface area contributed by atoms with E-state index in [9.17, 15) is 15.0 Å². The van der Waals surface area contributed by atoms with E-state index in [1.807, 2.05) is 24.3 Å². The van der Waals surface area contributed by atoms with Gasteiger partial charge in [-0.25, -0.2) is 8.78 Å². The van der Waals surface area contributed by atoms with Gasteiger partial charge in [-0.05, 0) is 73.6 Å². The highest BCUT2D eigenvalue weighted by Gasteiger charge is 2.80. The summed E-state index contributed by atoms with van der Waals surface area (Å²) in [6.45, 7) is 6.53. The minimum Gasteiger partial charge on any atom is -0.399 e. The number of anilines is 1. The number of carbonyl (C=O) groups excluding carboxylic acids is 1. The normalized spacial score (nSPS) is 41.2. The van der Waals surface area contributed by atoms with Crippen LogP contribution in [0.2, 0.25) is 0 Å². The van der Waals surface area contributed by atoms with E-state index in [1.165, 1.54) is 0 Å². The second-order valence-electron chi connectivity index (χ2n) is 13.7. The zero-order valence-electron chi connectivity index (χ0n) is 25.3. The first kappa shape index (κ1) is 30.1. The van der Waals surface area contributed by atoms with Gasteiger partial charge in [0.1, 0.15) is 12.8 Å². The first-order chi connectivity index (χ1) is 21.4. The number of nitrogens with two attached hydrogens (primary N) is 1. The summed E-state index contributed by atoms with van der Waals surface area (Å²) in [4.78, 5) is 13.7. The van der Waals surface area contributed by atoms with Gasteiger partial charge < -0.3 is 25.4 Å². The van der Waals surface area contributed by atoms with Crippen LogP contribution < -0.4 is 5.73 Å². The summed E-state index contributed by atoms with van der Waals surface area (Å²) in [5.41, 5.74) is 3.18. The summed E-state index contributed by atoms with van der Waals surface area (Å²) < 4.78 is 46.5. The molecule has 4 fully saturated rings. The predicted molar refractivity (Wildman–Crippen MR) is 165 cm³/mol. The third-order valence-electron chi connectivity index (χ3n) is 11.4. The molecule has 0 unspecified atom stereocenters. The molecular weight excluding hydrogens is 576 g/mol. The lowest BCUT2D eigenvalue weighted by Crippen LogP contribution is -2.70. The van der Waals surface area contributed by atoms with Gasteiger partial charge in [-0.15, -0.1) is 0 Å². The van der Waals surface area contributed by atoms with Crippen LogP contribution in [0.25, 0.3) is 0 Å². The van der Waals surface area contributed by atoms with Crippen molar-refractivity contribution in [3.63, 3.8) is 0 Å². The lowest BCUT2D eigenvalue weighted by molar-refractivity contribution is -0.235. The Hall–Kier alpha value is -3.61. The highest BCUT2D eigenvalue weighted by Crippen LogP contribution is 2.72. The molecule has 7 rings (SSSR count). The molecule has 0 aromatic heterocycles. The molecule has 3 saturated carbocycles. The second-order valence-corrected chi connectivity index (χ2v) is 13.7. The van der Waals surface area contributed by atoms with Crippen molar-refractivity contribution < 1.29 is 33.3 Å². The minimum absolute atomic E-state index is 0.115. The summed E-state index contributed by atoms with van der Waals surface area (Å²) in [5, 5.41) is 21.9. The molecule has 8 heteroatoms. The molecule has 5 aliphatic rings. The molecule has 2 aromatic rings. The maximum Gasteiger partial charge on any atom is 0.193 e. The molecule has 0 amide bonds. The van der Waals surface area contributed by atoms with Crippen molar-refractivity contribution >= 4 is 11.5 Å². The lowest BCUT2D eigenvalue weighted by atomic mass is 9.44. The fourth-order valence-corrected chi connectivity index (χ4v) is 9.27. The molecule has 234 valence electrons. The monoisotopic (exact) mass is 613 g/mol. The van der Waals surface area contributed by atoms with E-state index >= 15 is 8.78 Å². The van der Waals surface area contributed by atoms with Gasteiger partial charge in [0.15, 0.2) is 23.3 Å². The Morgan fingerprint density at radius 3 is 2.56 bits per heavy atom. The van der Waals surface area contributed by atoms with Gasteiger partial charge in [0, 0.05) is 39.1 Å². The van der Waals surface area contributed by atoms with Crippen molar-refractivity contribution in [1.29, 1.82) is 0 Å². The number of alkyl halides is 2. The van der Waals surface area contributed by atoms with Gasteiger partial charge in [0.25, 0.3) is 0 Å². The number of allylic oxidation sites excluding steroid dienone is 5. The number of nitrogen functional groups attached to an aromatic ring is 1. The minimum atomic E-state index is -2.19. The molecule has 0 spiro atoms. The van der Waals surface area contributed by atoms with Crippen molar-refractivity contribution in [2.45, 2.75) is 69.0 Å². The number of fused-ring (bicyclic) bond motifs is 7. The SMILES string of the molecule is C=C1C=C[C@@]2(C)C(=C1)[C@@H](F)C[C@H]1[C@@H]3C[C@H]4O[C@H](c5ccc(C#Cc6cccc(N)c6)cc5)O[C@@]4(C(=O)CO)[C@@]3(C)C[C@H](O)[C@@]12F. The number of aliphatic hydroxyl groups is 2. The topological polar surface area (TPSA) is 102 Å². The smallest absolute Gasteiger partial charge is 0.193 e. The number of halogens is 2. The molecule has 1 aliphatic heterocycles. The molecule has 45 heavy (non-hydrogen) atoms. The van der Waals surface area contributed by atoms with Crippen LogP contribution in [0.4, 0.5) is 14.5 Å². The Morgan fingerprint density at radius 1 is 1.11 bits per heavy atom. The van der Waals surface area contributed by atoms with E-state index in [1.54, 1.807) is 56.3 Å². The van der Waals surface area contributed by atoms with Crippen molar-refractivity contribution in [2.75, 3.05) is 12.3 Å². The van der Waals surface area contributed by atoms with E-state index in [4.69, 9.17) is 15.2 Å². The molecule has 1 heterocycles. The third-order valence-corrected chi connectivity index (χ3v) is 11.4. The number of rotatable bonds is 3. The van der Waals surface area contributed by atoms with E-state index in [2.05, 4.69) is 18.4 Å². The van der Waals surface area contributed by atoms with Gasteiger partial charge >= 0.3 is 0 Å². The number of carbonyl (C=O) groups is 1. The highest BCUT2D eigenvalue weighted by atomic mass is 19.1. The molecule has 4 N–H and O–H groups in total. The number of ketones is 1. The van der Waals surface area contributed by atoms with Gasteiger partial charge in [-0.3, -0.25) is 4.79 Å². The van der Waals surface area contributed by atoms with Crippen LogP contribution in [0, 0.1) is 34.5 Å². The molecule has 10 atom stereocenters. The Balaban J connectivity index is 1.21. The number of aliphatic hydroxyl groups excluding tert-OH is 2. The number of benzene rings is 2. The highest BCUT2D eigenvalue weighted by molar-refractivity contribution is 5.91. The standard InChI is InChI=1S/C37H37F2NO5/c1-21-13-14-34(2)28(15-21)29(38)17-27-26-18-32-37(31(43)20-41,35(26,3)19-30(42)36(27,34)39)45-33(44-32)24-11-9-22(10-12-24)7-8-23-5-4-6-25(40)16-23/h4-6,9-16,26-27,29-30,32-33,41-42H,1,17-20,40H2,2-3H3/t26-,27-,29-,30-,32+,33-,34-,35-,36-,37+/m0/s1. The van der Waals surface area contributed by atoms with E-state index < -0.39 is 71.0 Å². The number of hydrogen-bond donors (Lipinski definition) is 3. The van der Waals surface area contributed by atoms with Gasteiger partial charge in [-0.1, -0.05) is 61.8 Å². The van der Waals surface area contributed by atoms with Crippen molar-refractivity contribution in [3.8, 4) is 11.8 Å². The Labute approximate surface area is 261 Å². The quantitative estimate of drug-likeness (QED) is 0.321. The molecule has 6 nitrogen and oxygen atoms in total. The summed E-state index contributed by atoms with van der Waals surface area (Å²) >= 11 is 0. The van der Waals surface area contributed by atoms with Crippen LogP contribution in [0.5, 0.6) is 0 Å². The van der Waals surface area contributed by atoms with E-state index in [0.717, 1.165) is 11.1 Å². The zero-order valence-corrected chi connectivity index (χ0v) is 25.3. The van der Waals surface area contributed by atoms with Crippen LogP contribution in [0.15, 0.2) is 84.5 Å². The summed E-state index contributed by atoms with van der Waals surface area (Å²) in [6.07, 6.45) is 0.135. The van der Waals surface area contributed by atoms with Gasteiger partial charge in [0.05, 0.1) is 12.2 Å². The largest absolute Gasteiger partial charge is 0.399 e. The summed E-state index contributed by atoms with van der Waals surface area (Å²) in [5.74, 6) is 4.14. The Kier molecular flexibility index (Phi) is 6.81. The molecule has 4 aliphatic carbocycles. The van der Waals surface area contributed by atoms with Gasteiger partial charge in [-0.2, -0.15) is 0 Å². The van der Waals surface area contributed by atoms with Gasteiger partial charge in [0.2, 0.25) is 0 Å². The molecule has 1 saturated heterocycles. The number of ether oxygens (including phenoxy) is 2. The average molecular weight is 614 g/mol.